The number of fused-ring (bicyclic) bond motifs is 1. The minimum Gasteiger partial charge on any atom is -0.497 e. The van der Waals surface area contributed by atoms with Gasteiger partial charge in [0.2, 0.25) is 5.91 Å². The second-order valence-electron chi connectivity index (χ2n) is 7.81. The van der Waals surface area contributed by atoms with Crippen molar-refractivity contribution in [3.05, 3.63) is 54.1 Å². The van der Waals surface area contributed by atoms with Crippen LogP contribution in [-0.4, -0.2) is 63.8 Å². The van der Waals surface area contributed by atoms with Gasteiger partial charge in [-0.2, -0.15) is 0 Å². The highest BCUT2D eigenvalue weighted by atomic mass is 127. The Kier molecular flexibility index (Phi) is 10.6. The van der Waals surface area contributed by atoms with E-state index in [1.807, 2.05) is 55.5 Å². The zero-order valence-electron chi connectivity index (χ0n) is 19.5. The average Bonchev–Trinajstić information content (AvgIpc) is 2.80. The first kappa shape index (κ1) is 26.6. The lowest BCUT2D eigenvalue weighted by atomic mass is 10.0. The molecule has 180 valence electrons. The molecule has 2 aromatic carbocycles. The molecular weight excluding hydrogens is 535 g/mol. The van der Waals surface area contributed by atoms with E-state index in [1.54, 1.807) is 21.2 Å². The molecule has 8 nitrogen and oxygen atoms in total. The third-order valence-corrected chi connectivity index (χ3v) is 5.08. The Morgan fingerprint density at radius 1 is 1.21 bits per heavy atom. The van der Waals surface area contributed by atoms with E-state index in [2.05, 4.69) is 15.6 Å². The molecule has 0 radical (unpaired) electrons. The van der Waals surface area contributed by atoms with Gasteiger partial charge in [0.05, 0.1) is 26.3 Å². The molecule has 0 bridgehead atoms. The molecular formula is C24H33IN4O4. The van der Waals surface area contributed by atoms with Crippen LogP contribution in [0.3, 0.4) is 0 Å². The van der Waals surface area contributed by atoms with Crippen LogP contribution in [0.4, 0.5) is 0 Å². The van der Waals surface area contributed by atoms with Crippen molar-refractivity contribution in [2.75, 3.05) is 40.9 Å². The summed E-state index contributed by atoms with van der Waals surface area (Å²) in [6.45, 7) is 3.15. The predicted molar refractivity (Wildman–Crippen MR) is 140 cm³/mol. The van der Waals surface area contributed by atoms with Crippen molar-refractivity contribution in [1.29, 1.82) is 0 Å². The molecule has 0 fully saturated rings. The fourth-order valence-corrected chi connectivity index (χ4v) is 3.29. The first-order valence-electron chi connectivity index (χ1n) is 10.7. The number of amides is 1. The number of aliphatic imine (C=N–C) groups is 1. The number of halogens is 1. The van der Waals surface area contributed by atoms with E-state index in [1.165, 1.54) is 4.90 Å². The van der Waals surface area contributed by atoms with Gasteiger partial charge in [-0.1, -0.05) is 24.3 Å². The number of para-hydroxylation sites is 1. The van der Waals surface area contributed by atoms with Crippen molar-refractivity contribution >= 4 is 35.8 Å². The van der Waals surface area contributed by atoms with Crippen LogP contribution in [0.2, 0.25) is 0 Å². The van der Waals surface area contributed by atoms with Gasteiger partial charge >= 0.3 is 0 Å². The topological polar surface area (TPSA) is 84.4 Å². The number of hydrogen-bond acceptors (Lipinski definition) is 5. The quantitative estimate of drug-likeness (QED) is 0.289. The maximum atomic E-state index is 12.1. The second kappa shape index (κ2) is 13.1. The highest BCUT2D eigenvalue weighted by Gasteiger charge is 2.22. The number of nitrogens with zero attached hydrogens (tertiary/aromatic N) is 2. The van der Waals surface area contributed by atoms with Crippen LogP contribution in [0.25, 0.3) is 0 Å². The first-order valence-corrected chi connectivity index (χ1v) is 10.7. The van der Waals surface area contributed by atoms with Gasteiger partial charge in [0, 0.05) is 32.1 Å². The standard InChI is InChI=1S/C24H32N4O4.HI/c1-17(32-19-9-7-8-18(14-19)30-4)15-25-24(26-16-23(29)28(2)3)27-21-12-13-31-22-11-6-5-10-20(21)22;/h5-11,14,17,21H,12-13,15-16H2,1-4H3,(H2,25,26,27);1H. The number of carbonyl (C=O) groups is 1. The van der Waals surface area contributed by atoms with Crippen molar-refractivity contribution in [3.8, 4) is 17.2 Å². The number of benzene rings is 2. The molecule has 1 aliphatic rings. The minimum absolute atomic E-state index is 0. The fraction of sp³-hybridized carbons (Fsp3) is 0.417. The van der Waals surface area contributed by atoms with Crippen LogP contribution in [0.1, 0.15) is 24.9 Å². The molecule has 0 aliphatic carbocycles. The Labute approximate surface area is 212 Å². The third-order valence-electron chi connectivity index (χ3n) is 5.08. The highest BCUT2D eigenvalue weighted by molar-refractivity contribution is 14.0. The maximum absolute atomic E-state index is 12.1. The van der Waals surface area contributed by atoms with E-state index in [0.717, 1.165) is 29.2 Å². The van der Waals surface area contributed by atoms with Crippen LogP contribution in [0.15, 0.2) is 53.5 Å². The Balaban J connectivity index is 0.00000385. The van der Waals surface area contributed by atoms with Crippen LogP contribution in [-0.2, 0) is 4.79 Å². The summed E-state index contributed by atoms with van der Waals surface area (Å²) in [5.74, 6) is 2.83. The van der Waals surface area contributed by atoms with Gasteiger partial charge in [0.15, 0.2) is 5.96 Å². The molecule has 9 heteroatoms. The SMILES string of the molecule is COc1cccc(OC(C)CNC(=NCC(=O)N(C)C)NC2CCOc3ccccc32)c1.I. The van der Waals surface area contributed by atoms with E-state index < -0.39 is 0 Å². The molecule has 0 spiro atoms. The van der Waals surface area contributed by atoms with Gasteiger partial charge in [0.25, 0.3) is 0 Å². The summed E-state index contributed by atoms with van der Waals surface area (Å²) in [7, 11) is 5.07. The number of ether oxygens (including phenoxy) is 3. The van der Waals surface area contributed by atoms with Crippen LogP contribution >= 0.6 is 24.0 Å². The molecule has 0 aromatic heterocycles. The summed E-state index contributed by atoms with van der Waals surface area (Å²) in [4.78, 5) is 18.1. The number of hydrogen-bond donors (Lipinski definition) is 2. The number of methoxy groups -OCH3 is 1. The molecule has 0 saturated carbocycles. The maximum Gasteiger partial charge on any atom is 0.243 e. The second-order valence-corrected chi connectivity index (χ2v) is 7.81. The monoisotopic (exact) mass is 568 g/mol. The molecule has 3 rings (SSSR count). The molecule has 1 amide bonds. The Hall–Kier alpha value is -2.69. The Morgan fingerprint density at radius 3 is 2.73 bits per heavy atom. The molecule has 1 heterocycles. The first-order chi connectivity index (χ1) is 15.5. The normalized spacial score (nSPS) is 15.8. The van der Waals surface area contributed by atoms with Crippen molar-refractivity contribution in [3.63, 3.8) is 0 Å². The number of likely N-dealkylation sites (N-methyl/N-ethyl adjacent to an activating group) is 1. The number of carbonyl (C=O) groups excluding carboxylic acids is 1. The molecule has 2 aromatic rings. The van der Waals surface area contributed by atoms with Gasteiger partial charge in [-0.25, -0.2) is 4.99 Å². The number of guanidine groups is 1. The van der Waals surface area contributed by atoms with Crippen molar-refractivity contribution in [2.45, 2.75) is 25.5 Å². The van der Waals surface area contributed by atoms with E-state index in [4.69, 9.17) is 14.2 Å². The minimum atomic E-state index is -0.138. The molecule has 1 aliphatic heterocycles. The van der Waals surface area contributed by atoms with Crippen LogP contribution < -0.4 is 24.8 Å². The van der Waals surface area contributed by atoms with E-state index in [0.29, 0.717) is 19.1 Å². The van der Waals surface area contributed by atoms with Crippen LogP contribution in [0.5, 0.6) is 17.2 Å². The summed E-state index contributed by atoms with van der Waals surface area (Å²) in [6.07, 6.45) is 0.662. The zero-order valence-corrected chi connectivity index (χ0v) is 21.9. The van der Waals surface area contributed by atoms with Crippen molar-refractivity contribution in [1.82, 2.24) is 15.5 Å². The highest BCUT2D eigenvalue weighted by Crippen LogP contribution is 2.31. The fourth-order valence-electron chi connectivity index (χ4n) is 3.29. The van der Waals surface area contributed by atoms with Crippen molar-refractivity contribution in [2.24, 2.45) is 4.99 Å². The van der Waals surface area contributed by atoms with E-state index >= 15 is 0 Å². The average molecular weight is 568 g/mol. The summed E-state index contributed by atoms with van der Waals surface area (Å²) in [5, 5.41) is 6.77. The molecule has 2 atom stereocenters. The van der Waals surface area contributed by atoms with Gasteiger partial charge < -0.3 is 29.7 Å². The lowest BCUT2D eigenvalue weighted by Gasteiger charge is -2.28. The van der Waals surface area contributed by atoms with Crippen LogP contribution in [0, 0.1) is 0 Å². The lowest BCUT2D eigenvalue weighted by Crippen LogP contribution is -2.44. The predicted octanol–water partition coefficient (Wildman–Crippen LogP) is 3.23. The largest absolute Gasteiger partial charge is 0.497 e. The zero-order chi connectivity index (χ0) is 22.9. The lowest BCUT2D eigenvalue weighted by molar-refractivity contribution is -0.127. The van der Waals surface area contributed by atoms with Gasteiger partial charge in [-0.3, -0.25) is 4.79 Å². The Morgan fingerprint density at radius 2 is 1.97 bits per heavy atom. The Bertz CT molecular complexity index is 938. The van der Waals surface area contributed by atoms with Gasteiger partial charge in [-0.05, 0) is 25.1 Å². The number of rotatable bonds is 8. The van der Waals surface area contributed by atoms with E-state index in [-0.39, 0.29) is 48.6 Å². The summed E-state index contributed by atoms with van der Waals surface area (Å²) in [5.41, 5.74) is 1.08. The summed E-state index contributed by atoms with van der Waals surface area (Å²) >= 11 is 0. The van der Waals surface area contributed by atoms with Crippen molar-refractivity contribution < 1.29 is 19.0 Å². The molecule has 2 unspecified atom stereocenters. The van der Waals surface area contributed by atoms with Gasteiger partial charge in [-0.15, -0.1) is 24.0 Å². The van der Waals surface area contributed by atoms with E-state index in [9.17, 15) is 4.79 Å². The smallest absolute Gasteiger partial charge is 0.243 e. The molecule has 2 N–H and O–H groups in total. The van der Waals surface area contributed by atoms with Gasteiger partial charge in [0.1, 0.15) is 29.9 Å². The summed E-state index contributed by atoms with van der Waals surface area (Å²) in [6, 6.07) is 15.5. The molecule has 33 heavy (non-hydrogen) atoms. The summed E-state index contributed by atoms with van der Waals surface area (Å²) < 4.78 is 17.0. The third kappa shape index (κ3) is 7.99. The molecule has 0 saturated heterocycles. The number of nitrogens with one attached hydrogen (secondary N) is 2.